The van der Waals surface area contributed by atoms with E-state index in [2.05, 4.69) is 6.92 Å². The van der Waals surface area contributed by atoms with E-state index in [0.29, 0.717) is 5.92 Å². The molecule has 0 radical (unpaired) electrons. The van der Waals surface area contributed by atoms with E-state index in [9.17, 15) is 4.39 Å². The van der Waals surface area contributed by atoms with E-state index in [0.717, 1.165) is 38.4 Å². The van der Waals surface area contributed by atoms with Crippen molar-refractivity contribution >= 4 is 0 Å². The molecule has 2 nitrogen and oxygen atoms in total. The van der Waals surface area contributed by atoms with Crippen LogP contribution in [0.15, 0.2) is 24.3 Å². The second kappa shape index (κ2) is 7.76. The number of halogens is 1. The number of ether oxygens (including phenoxy) is 2. The van der Waals surface area contributed by atoms with E-state index in [-0.39, 0.29) is 11.6 Å². The molecule has 1 saturated heterocycles. The third kappa shape index (κ3) is 4.54. The van der Waals surface area contributed by atoms with Crippen molar-refractivity contribution in [2.45, 2.75) is 64.1 Å². The van der Waals surface area contributed by atoms with Crippen LogP contribution in [0.3, 0.4) is 0 Å². The number of rotatable bonds is 5. The Morgan fingerprint density at radius 2 is 1.65 bits per heavy atom. The molecular weight excluding hydrogens is 291 g/mol. The van der Waals surface area contributed by atoms with Gasteiger partial charge in [0.05, 0.1) is 13.2 Å². The lowest BCUT2D eigenvalue weighted by atomic mass is 9.81. The maximum Gasteiger partial charge on any atom is 0.168 e. The molecule has 1 spiro atoms. The van der Waals surface area contributed by atoms with Gasteiger partial charge in [0.1, 0.15) is 5.82 Å². The summed E-state index contributed by atoms with van der Waals surface area (Å²) in [5.74, 6) is 0.894. The minimum atomic E-state index is -0.281. The van der Waals surface area contributed by atoms with Gasteiger partial charge in [-0.2, -0.15) is 0 Å². The molecule has 0 amide bonds. The summed E-state index contributed by atoms with van der Waals surface area (Å²) in [5, 5.41) is 0. The Morgan fingerprint density at radius 1 is 1.00 bits per heavy atom. The van der Waals surface area contributed by atoms with E-state index in [4.69, 9.17) is 9.47 Å². The largest absolute Gasteiger partial charge is 0.350 e. The first-order chi connectivity index (χ1) is 11.2. The smallest absolute Gasteiger partial charge is 0.168 e. The Balaban J connectivity index is 1.41. The monoisotopic (exact) mass is 320 g/mol. The lowest BCUT2D eigenvalue weighted by molar-refractivity contribution is -0.298. The third-order valence-electron chi connectivity index (χ3n) is 5.48. The van der Waals surface area contributed by atoms with Gasteiger partial charge in [-0.3, -0.25) is 0 Å². The molecule has 1 saturated carbocycles. The molecule has 0 atom stereocenters. The molecule has 0 unspecified atom stereocenters. The highest BCUT2D eigenvalue weighted by Gasteiger charge is 2.40. The van der Waals surface area contributed by atoms with Gasteiger partial charge < -0.3 is 9.47 Å². The number of benzene rings is 1. The van der Waals surface area contributed by atoms with E-state index < -0.39 is 0 Å². The Hall–Kier alpha value is -0.930. The summed E-state index contributed by atoms with van der Waals surface area (Å²) >= 11 is 0. The number of aryl methyl sites for hydroxylation is 1. The van der Waals surface area contributed by atoms with Gasteiger partial charge in [-0.1, -0.05) is 25.5 Å². The maximum atomic E-state index is 12.9. The molecule has 1 aromatic rings. The molecule has 0 bridgehead atoms. The summed E-state index contributed by atoms with van der Waals surface area (Å²) in [5.41, 5.74) is 1.24. The van der Waals surface area contributed by atoms with Crippen LogP contribution in [0.1, 0.15) is 57.4 Å². The normalized spacial score (nSPS) is 31.4. The molecule has 3 rings (SSSR count). The zero-order chi connectivity index (χ0) is 16.1. The first kappa shape index (κ1) is 16.9. The first-order valence-corrected chi connectivity index (χ1v) is 9.21. The van der Waals surface area contributed by atoms with Crippen molar-refractivity contribution in [2.75, 3.05) is 13.2 Å². The first-order valence-electron chi connectivity index (χ1n) is 9.21. The van der Waals surface area contributed by atoms with Crippen molar-refractivity contribution in [1.82, 2.24) is 0 Å². The predicted octanol–water partition coefficient (Wildman–Crippen LogP) is 5.11. The lowest BCUT2D eigenvalue weighted by Gasteiger charge is -2.44. The quantitative estimate of drug-likeness (QED) is 0.751. The van der Waals surface area contributed by atoms with Crippen molar-refractivity contribution < 1.29 is 13.9 Å². The zero-order valence-corrected chi connectivity index (χ0v) is 14.2. The van der Waals surface area contributed by atoms with Crippen LogP contribution >= 0.6 is 0 Å². The van der Waals surface area contributed by atoms with Gasteiger partial charge in [-0.25, -0.2) is 4.39 Å². The minimum Gasteiger partial charge on any atom is -0.350 e. The van der Waals surface area contributed by atoms with Crippen LogP contribution in [0.4, 0.5) is 4.39 Å². The van der Waals surface area contributed by atoms with Gasteiger partial charge in [0.25, 0.3) is 0 Å². The fourth-order valence-corrected chi connectivity index (χ4v) is 3.92. The molecular formula is C20H29FO2. The van der Waals surface area contributed by atoms with Gasteiger partial charge in [-0.05, 0) is 55.7 Å². The average molecular weight is 320 g/mol. The molecule has 128 valence electrons. The minimum absolute atomic E-state index is 0.152. The van der Waals surface area contributed by atoms with Gasteiger partial charge in [0.2, 0.25) is 0 Å². The molecule has 1 aromatic carbocycles. The van der Waals surface area contributed by atoms with Gasteiger partial charge in [0.15, 0.2) is 5.79 Å². The van der Waals surface area contributed by atoms with Crippen molar-refractivity contribution in [2.24, 2.45) is 11.8 Å². The molecule has 1 heterocycles. The number of hydrogen-bond donors (Lipinski definition) is 0. The Bertz CT molecular complexity index is 467. The molecule has 1 aliphatic heterocycles. The standard InChI is InChI=1S/C20H29FO2/c1-2-3-18-14-22-20(23-15-18)12-10-17(11-13-20)5-4-16-6-8-19(21)9-7-16/h6-9,17-18H,2-5,10-15H2,1H3. The van der Waals surface area contributed by atoms with Crippen LogP contribution in [-0.4, -0.2) is 19.0 Å². The highest BCUT2D eigenvalue weighted by atomic mass is 19.1. The highest BCUT2D eigenvalue weighted by molar-refractivity contribution is 5.16. The summed E-state index contributed by atoms with van der Waals surface area (Å²) < 4.78 is 25.2. The summed E-state index contributed by atoms with van der Waals surface area (Å²) in [7, 11) is 0. The molecule has 3 heteroatoms. The third-order valence-corrected chi connectivity index (χ3v) is 5.48. The van der Waals surface area contributed by atoms with Crippen molar-refractivity contribution in [3.8, 4) is 0 Å². The second-order valence-electron chi connectivity index (χ2n) is 7.30. The van der Waals surface area contributed by atoms with Crippen molar-refractivity contribution in [3.63, 3.8) is 0 Å². The summed E-state index contributed by atoms with van der Waals surface area (Å²) in [6, 6.07) is 6.92. The Morgan fingerprint density at radius 3 is 2.26 bits per heavy atom. The lowest BCUT2D eigenvalue weighted by Crippen LogP contribution is -2.46. The fraction of sp³-hybridized carbons (Fsp3) is 0.700. The van der Waals surface area contributed by atoms with Gasteiger partial charge >= 0.3 is 0 Å². The molecule has 1 aliphatic carbocycles. The van der Waals surface area contributed by atoms with Gasteiger partial charge in [0, 0.05) is 18.8 Å². The van der Waals surface area contributed by atoms with Crippen LogP contribution in [0.25, 0.3) is 0 Å². The number of hydrogen-bond acceptors (Lipinski definition) is 2. The second-order valence-corrected chi connectivity index (χ2v) is 7.30. The van der Waals surface area contributed by atoms with E-state index >= 15 is 0 Å². The topological polar surface area (TPSA) is 18.5 Å². The summed E-state index contributed by atoms with van der Waals surface area (Å²) in [4.78, 5) is 0. The van der Waals surface area contributed by atoms with Crippen LogP contribution in [0.2, 0.25) is 0 Å². The van der Waals surface area contributed by atoms with Crippen molar-refractivity contribution in [3.05, 3.63) is 35.6 Å². The molecule has 0 aromatic heterocycles. The van der Waals surface area contributed by atoms with Crippen LogP contribution in [0, 0.1) is 17.7 Å². The molecule has 2 aliphatic rings. The van der Waals surface area contributed by atoms with Crippen molar-refractivity contribution in [1.29, 1.82) is 0 Å². The summed E-state index contributed by atoms with van der Waals surface area (Å²) in [6.07, 6.45) is 9.05. The zero-order valence-electron chi connectivity index (χ0n) is 14.2. The Labute approximate surface area is 139 Å². The highest BCUT2D eigenvalue weighted by Crippen LogP contribution is 2.40. The van der Waals surface area contributed by atoms with E-state index in [1.165, 1.54) is 37.7 Å². The average Bonchev–Trinajstić information content (AvgIpc) is 2.58. The van der Waals surface area contributed by atoms with Crippen LogP contribution in [-0.2, 0) is 15.9 Å². The van der Waals surface area contributed by atoms with Crippen LogP contribution in [0.5, 0.6) is 0 Å². The summed E-state index contributed by atoms with van der Waals surface area (Å²) in [6.45, 7) is 3.96. The Kier molecular flexibility index (Phi) is 5.71. The van der Waals surface area contributed by atoms with E-state index in [1.807, 2.05) is 12.1 Å². The van der Waals surface area contributed by atoms with E-state index in [1.54, 1.807) is 12.1 Å². The molecule has 2 fully saturated rings. The fourth-order valence-electron chi connectivity index (χ4n) is 3.92. The molecule has 0 N–H and O–H groups in total. The van der Waals surface area contributed by atoms with Gasteiger partial charge in [-0.15, -0.1) is 0 Å². The maximum absolute atomic E-state index is 12.9. The van der Waals surface area contributed by atoms with Crippen LogP contribution < -0.4 is 0 Å². The predicted molar refractivity (Wildman–Crippen MR) is 89.7 cm³/mol. The SMILES string of the molecule is CCCC1COC2(CCC(CCc3ccc(F)cc3)CC2)OC1. The molecule has 23 heavy (non-hydrogen) atoms.